The highest BCUT2D eigenvalue weighted by molar-refractivity contribution is 8.25. The van der Waals surface area contributed by atoms with Crippen molar-refractivity contribution in [2.24, 2.45) is 0 Å². The first-order chi connectivity index (χ1) is 13.5. The van der Waals surface area contributed by atoms with Crippen LogP contribution in [0, 0.1) is 0 Å². The topological polar surface area (TPSA) is 84.8 Å². The molecule has 9 heteroatoms. The number of aromatic nitrogens is 2. The van der Waals surface area contributed by atoms with Crippen molar-refractivity contribution >= 4 is 45.0 Å². The van der Waals surface area contributed by atoms with E-state index in [1.165, 1.54) is 0 Å². The van der Waals surface area contributed by atoms with Crippen LogP contribution >= 0.6 is 22.4 Å². The van der Waals surface area contributed by atoms with Crippen LogP contribution in [0.25, 0.3) is 10.9 Å². The highest BCUT2D eigenvalue weighted by Gasteiger charge is 2.37. The second-order valence-corrected chi connectivity index (χ2v) is 9.26. The maximum Gasteiger partial charge on any atom is 0.228 e. The van der Waals surface area contributed by atoms with Crippen molar-refractivity contribution in [3.8, 4) is 0 Å². The molecule has 2 aliphatic rings. The molecule has 3 aromatic rings. The normalized spacial score (nSPS) is 19.7. The van der Waals surface area contributed by atoms with Crippen LogP contribution in [0.3, 0.4) is 0 Å². The number of piperazine rings is 1. The molecular weight excluding hydrogens is 398 g/mol. The van der Waals surface area contributed by atoms with Crippen LogP contribution in [0.15, 0.2) is 47.4 Å². The van der Waals surface area contributed by atoms with E-state index in [-0.39, 0.29) is 0 Å². The lowest BCUT2D eigenvalue weighted by Crippen LogP contribution is -2.44. The fourth-order valence-corrected chi connectivity index (χ4v) is 5.66. The Morgan fingerprint density at radius 3 is 2.64 bits per heavy atom. The molecule has 1 fully saturated rings. The van der Waals surface area contributed by atoms with Crippen LogP contribution < -0.4 is 14.5 Å². The van der Waals surface area contributed by atoms with Crippen LogP contribution in [0.1, 0.15) is 5.56 Å². The van der Waals surface area contributed by atoms with E-state index in [9.17, 15) is 9.11 Å². The average Bonchev–Trinajstić information content (AvgIpc) is 2.98. The predicted molar refractivity (Wildman–Crippen MR) is 113 cm³/mol. The van der Waals surface area contributed by atoms with Crippen LogP contribution in [0.4, 0.5) is 11.8 Å². The van der Waals surface area contributed by atoms with Crippen molar-refractivity contribution in [2.45, 2.75) is 11.4 Å². The second-order valence-electron chi connectivity index (χ2n) is 6.91. The average molecular weight is 418 g/mol. The van der Waals surface area contributed by atoms with Crippen LogP contribution in [-0.4, -0.2) is 45.3 Å². The summed E-state index contributed by atoms with van der Waals surface area (Å²) in [5, 5.41) is 4.60. The number of hydrogen-bond donors (Lipinski definition) is 3. The van der Waals surface area contributed by atoms with Gasteiger partial charge in [-0.05, 0) is 29.8 Å². The third-order valence-electron chi connectivity index (χ3n) is 5.15. The van der Waals surface area contributed by atoms with E-state index in [0.29, 0.717) is 28.2 Å². The molecule has 5 rings (SSSR count). The predicted octanol–water partition coefficient (Wildman–Crippen LogP) is 3.74. The van der Waals surface area contributed by atoms with Gasteiger partial charge in [-0.15, -0.1) is 0 Å². The Kier molecular flexibility index (Phi) is 4.33. The molecule has 0 aliphatic carbocycles. The first-order valence-electron chi connectivity index (χ1n) is 9.11. The molecule has 0 amide bonds. The Balaban J connectivity index is 1.66. The molecule has 0 unspecified atom stereocenters. The van der Waals surface area contributed by atoms with E-state index in [4.69, 9.17) is 21.6 Å². The molecular formula is C19H20ClN5O2S. The summed E-state index contributed by atoms with van der Waals surface area (Å²) in [5.41, 5.74) is 1.63. The maximum atomic E-state index is 11.1. The van der Waals surface area contributed by atoms with Gasteiger partial charge in [-0.3, -0.25) is 9.11 Å². The molecule has 2 aliphatic heterocycles. The number of para-hydroxylation sites is 1. The van der Waals surface area contributed by atoms with E-state index in [0.717, 1.165) is 42.6 Å². The number of rotatable bonds is 2. The number of nitrogens with one attached hydrogen (secondary N) is 1. The van der Waals surface area contributed by atoms with Crippen molar-refractivity contribution in [1.29, 1.82) is 0 Å². The summed E-state index contributed by atoms with van der Waals surface area (Å²) in [6.07, 6.45) is 0. The molecule has 146 valence electrons. The standard InChI is InChI=1S/C19H20ClN5O2S/c20-14-6-5-13-12-25(28(26,27)17(13)11-14)18-15-3-1-2-4-16(15)22-19(23-18)24-9-7-21-8-10-24/h1-6,11,21,26-27H,7-10,12H2. The highest BCUT2D eigenvalue weighted by atomic mass is 35.5. The minimum Gasteiger partial charge on any atom is -0.338 e. The molecule has 0 atom stereocenters. The second kappa shape index (κ2) is 6.75. The quantitative estimate of drug-likeness (QED) is 0.585. The van der Waals surface area contributed by atoms with E-state index in [1.807, 2.05) is 30.3 Å². The van der Waals surface area contributed by atoms with E-state index < -0.39 is 10.8 Å². The summed E-state index contributed by atoms with van der Waals surface area (Å²) in [5.74, 6) is 1.14. The minimum absolute atomic E-state index is 0.358. The fraction of sp³-hybridized carbons (Fsp3) is 0.263. The fourth-order valence-electron chi connectivity index (χ4n) is 3.72. The van der Waals surface area contributed by atoms with Gasteiger partial charge >= 0.3 is 0 Å². The first-order valence-corrected chi connectivity index (χ1v) is 11.0. The van der Waals surface area contributed by atoms with Crippen molar-refractivity contribution < 1.29 is 9.11 Å². The Hall–Kier alpha value is -2.10. The van der Waals surface area contributed by atoms with Gasteiger partial charge in [-0.1, -0.05) is 40.6 Å². The number of fused-ring (bicyclic) bond motifs is 2. The molecule has 0 spiro atoms. The van der Waals surface area contributed by atoms with Crippen LogP contribution in [-0.2, 0) is 6.54 Å². The first kappa shape index (κ1) is 18.0. The van der Waals surface area contributed by atoms with Crippen LogP contribution in [0.2, 0.25) is 5.02 Å². The minimum atomic E-state index is -3.23. The highest BCUT2D eigenvalue weighted by Crippen LogP contribution is 2.61. The van der Waals surface area contributed by atoms with Gasteiger partial charge in [0.25, 0.3) is 0 Å². The number of anilines is 2. The molecule has 2 aromatic carbocycles. The zero-order valence-electron chi connectivity index (χ0n) is 15.0. The summed E-state index contributed by atoms with van der Waals surface area (Å²) in [4.78, 5) is 12.1. The van der Waals surface area contributed by atoms with Gasteiger partial charge in [-0.25, -0.2) is 9.29 Å². The van der Waals surface area contributed by atoms with Gasteiger partial charge in [0.15, 0.2) is 5.82 Å². The van der Waals surface area contributed by atoms with E-state index in [1.54, 1.807) is 16.4 Å². The molecule has 28 heavy (non-hydrogen) atoms. The summed E-state index contributed by atoms with van der Waals surface area (Å²) >= 11 is 6.10. The number of nitrogens with zero attached hydrogens (tertiary/aromatic N) is 4. The Labute approximate surface area is 169 Å². The summed E-state index contributed by atoms with van der Waals surface area (Å²) < 4.78 is 23.7. The largest absolute Gasteiger partial charge is 0.338 e. The van der Waals surface area contributed by atoms with Gasteiger partial charge in [0, 0.05) is 36.6 Å². The number of halogens is 1. The zero-order valence-corrected chi connectivity index (χ0v) is 16.6. The van der Waals surface area contributed by atoms with E-state index in [2.05, 4.69) is 10.2 Å². The monoisotopic (exact) mass is 417 g/mol. The molecule has 3 N–H and O–H groups in total. The van der Waals surface area contributed by atoms with Crippen molar-refractivity contribution in [2.75, 3.05) is 35.4 Å². The number of benzene rings is 2. The molecule has 0 bridgehead atoms. The molecule has 1 saturated heterocycles. The van der Waals surface area contributed by atoms with E-state index >= 15 is 0 Å². The van der Waals surface area contributed by atoms with Gasteiger partial charge in [0.05, 0.1) is 17.0 Å². The summed E-state index contributed by atoms with van der Waals surface area (Å²) in [6, 6.07) is 12.9. The third-order valence-corrected chi connectivity index (χ3v) is 7.27. The molecule has 1 aromatic heterocycles. The molecule has 7 nitrogen and oxygen atoms in total. The van der Waals surface area contributed by atoms with Gasteiger partial charge in [0.2, 0.25) is 5.95 Å². The van der Waals surface area contributed by atoms with Crippen molar-refractivity contribution in [3.05, 3.63) is 53.1 Å². The van der Waals surface area contributed by atoms with Gasteiger partial charge in [0.1, 0.15) is 0 Å². The summed E-state index contributed by atoms with van der Waals surface area (Å²) in [7, 11) is -3.23. The van der Waals surface area contributed by atoms with Gasteiger partial charge in [-0.2, -0.15) is 4.98 Å². The Bertz CT molecular complexity index is 1060. The zero-order chi connectivity index (χ0) is 19.3. The number of hydrogen-bond acceptors (Lipinski definition) is 7. The Morgan fingerprint density at radius 1 is 1.04 bits per heavy atom. The molecule has 3 heterocycles. The van der Waals surface area contributed by atoms with Gasteiger partial charge < -0.3 is 10.2 Å². The van der Waals surface area contributed by atoms with Crippen molar-refractivity contribution in [1.82, 2.24) is 15.3 Å². The summed E-state index contributed by atoms with van der Waals surface area (Å²) in [6.45, 7) is 3.72. The SMILES string of the molecule is OS1(O)c2cc(Cl)ccc2CN1c1nc(N2CCNCC2)nc2ccccc12. The van der Waals surface area contributed by atoms with Crippen LogP contribution in [0.5, 0.6) is 0 Å². The molecule has 0 saturated carbocycles. The third kappa shape index (κ3) is 2.89. The molecule has 0 radical (unpaired) electrons. The Morgan fingerprint density at radius 2 is 1.82 bits per heavy atom. The van der Waals surface area contributed by atoms with Crippen molar-refractivity contribution in [3.63, 3.8) is 0 Å². The lowest BCUT2D eigenvalue weighted by molar-refractivity contribution is 0.487. The lowest BCUT2D eigenvalue weighted by Gasteiger charge is -2.38. The smallest absolute Gasteiger partial charge is 0.228 e. The lowest BCUT2D eigenvalue weighted by atomic mass is 10.2. The maximum absolute atomic E-state index is 11.1.